The molecule has 3 aromatic rings. The number of carbonyl (C=O) groups excluding carboxylic acids is 1. The molecule has 1 amide bonds. The van der Waals surface area contributed by atoms with Crippen LogP contribution < -0.4 is 10.1 Å². The average Bonchev–Trinajstić information content (AvgIpc) is 3.09. The van der Waals surface area contributed by atoms with Crippen LogP contribution in [0.25, 0.3) is 11.0 Å². The van der Waals surface area contributed by atoms with E-state index in [1.165, 1.54) is 5.56 Å². The van der Waals surface area contributed by atoms with Crippen LogP contribution in [0.4, 0.5) is 0 Å². The van der Waals surface area contributed by atoms with Crippen LogP contribution in [0.5, 0.6) is 5.75 Å². The highest BCUT2D eigenvalue weighted by Crippen LogP contribution is 2.20. The molecule has 1 heterocycles. The molecule has 0 radical (unpaired) electrons. The van der Waals surface area contributed by atoms with Crippen LogP contribution in [0, 0.1) is 0 Å². The number of para-hydroxylation sites is 2. The molecule has 2 aromatic carbocycles. The Morgan fingerprint density at radius 3 is 2.60 bits per heavy atom. The molecule has 0 unspecified atom stereocenters. The quantitative estimate of drug-likeness (QED) is 0.387. The van der Waals surface area contributed by atoms with Gasteiger partial charge in [0.1, 0.15) is 18.2 Å². The lowest BCUT2D eigenvalue weighted by atomic mass is 10.0. The zero-order valence-electron chi connectivity index (χ0n) is 18.1. The smallest absolute Gasteiger partial charge is 0.246 e. The number of rotatable bonds is 10. The Morgan fingerprint density at radius 2 is 1.90 bits per heavy atom. The van der Waals surface area contributed by atoms with E-state index in [0.29, 0.717) is 24.6 Å². The van der Waals surface area contributed by atoms with Crippen molar-refractivity contribution in [2.45, 2.75) is 46.1 Å². The van der Waals surface area contributed by atoms with E-state index in [9.17, 15) is 4.79 Å². The van der Waals surface area contributed by atoms with Crippen LogP contribution in [0.2, 0.25) is 0 Å². The minimum atomic E-state index is -0.0969. The summed E-state index contributed by atoms with van der Waals surface area (Å²) in [5.74, 6) is 2.31. The van der Waals surface area contributed by atoms with Crippen molar-refractivity contribution in [3.8, 4) is 5.75 Å². The average molecular weight is 406 g/mol. The van der Waals surface area contributed by atoms with Crippen molar-refractivity contribution in [2.24, 2.45) is 0 Å². The van der Waals surface area contributed by atoms with E-state index in [1.54, 1.807) is 6.92 Å². The predicted octanol–water partition coefficient (Wildman–Crippen LogP) is 4.86. The molecule has 0 saturated carbocycles. The van der Waals surface area contributed by atoms with E-state index >= 15 is 0 Å². The maximum Gasteiger partial charge on any atom is 0.246 e. The second-order valence-corrected chi connectivity index (χ2v) is 7.88. The minimum Gasteiger partial charge on any atom is -0.492 e. The maximum absolute atomic E-state index is 11.6. The Balaban J connectivity index is 1.62. The molecule has 0 fully saturated rings. The van der Waals surface area contributed by atoms with Crippen LogP contribution in [0.1, 0.15) is 44.5 Å². The van der Waals surface area contributed by atoms with Gasteiger partial charge in [-0.05, 0) is 49.1 Å². The zero-order valence-corrected chi connectivity index (χ0v) is 18.1. The number of nitrogens with one attached hydrogen (secondary N) is 1. The largest absolute Gasteiger partial charge is 0.492 e. The molecule has 0 aliphatic rings. The Morgan fingerprint density at radius 1 is 1.17 bits per heavy atom. The molecular formula is C25H31N3O2. The third-order valence-electron chi connectivity index (χ3n) is 5.11. The molecule has 0 bridgehead atoms. The summed E-state index contributed by atoms with van der Waals surface area (Å²) >= 11 is 0. The molecule has 3 rings (SSSR count). The van der Waals surface area contributed by atoms with E-state index in [4.69, 9.17) is 9.72 Å². The first-order chi connectivity index (χ1) is 14.5. The van der Waals surface area contributed by atoms with Gasteiger partial charge in [0.15, 0.2) is 0 Å². The molecule has 158 valence electrons. The van der Waals surface area contributed by atoms with Gasteiger partial charge in [0.2, 0.25) is 5.91 Å². The molecule has 0 saturated heterocycles. The molecule has 5 heteroatoms. The van der Waals surface area contributed by atoms with Gasteiger partial charge >= 0.3 is 0 Å². The van der Waals surface area contributed by atoms with E-state index < -0.39 is 0 Å². The first-order valence-corrected chi connectivity index (χ1v) is 10.6. The van der Waals surface area contributed by atoms with Gasteiger partial charge in [-0.1, -0.05) is 44.7 Å². The molecular weight excluding hydrogens is 374 g/mol. The normalized spacial score (nSPS) is 11.1. The second-order valence-electron chi connectivity index (χ2n) is 7.88. The van der Waals surface area contributed by atoms with Crippen LogP contribution in [-0.2, 0) is 17.8 Å². The number of aromatic nitrogens is 2. The third-order valence-corrected chi connectivity index (χ3v) is 5.11. The maximum atomic E-state index is 11.6. The van der Waals surface area contributed by atoms with Gasteiger partial charge in [-0.2, -0.15) is 0 Å². The SMILES string of the molecule is C=C(C)C(=O)NCCCc1nc2ccccc2n1CCOc1ccc(C(C)C)cc1. The minimum absolute atomic E-state index is 0.0969. The highest BCUT2D eigenvalue weighted by Gasteiger charge is 2.11. The van der Waals surface area contributed by atoms with Gasteiger partial charge in [0.05, 0.1) is 17.6 Å². The number of hydrogen-bond acceptors (Lipinski definition) is 3. The topological polar surface area (TPSA) is 56.2 Å². The summed E-state index contributed by atoms with van der Waals surface area (Å²) in [5.41, 5.74) is 3.93. The molecule has 0 aliphatic carbocycles. The lowest BCUT2D eigenvalue weighted by Gasteiger charge is -2.12. The summed E-state index contributed by atoms with van der Waals surface area (Å²) in [6, 6.07) is 16.5. The van der Waals surface area contributed by atoms with E-state index in [2.05, 4.69) is 48.5 Å². The number of fused-ring (bicyclic) bond motifs is 1. The highest BCUT2D eigenvalue weighted by atomic mass is 16.5. The third kappa shape index (κ3) is 5.50. The van der Waals surface area contributed by atoms with Crippen LogP contribution in [0.15, 0.2) is 60.7 Å². The Kier molecular flexibility index (Phi) is 7.28. The van der Waals surface area contributed by atoms with Crippen LogP contribution >= 0.6 is 0 Å². The highest BCUT2D eigenvalue weighted by molar-refractivity contribution is 5.92. The summed E-state index contributed by atoms with van der Waals surface area (Å²) in [5, 5.41) is 2.88. The second kappa shape index (κ2) is 10.1. The fraction of sp³-hybridized carbons (Fsp3) is 0.360. The summed E-state index contributed by atoms with van der Waals surface area (Å²) in [6.45, 7) is 11.6. The number of carbonyl (C=O) groups is 1. The van der Waals surface area contributed by atoms with E-state index in [0.717, 1.165) is 42.0 Å². The lowest BCUT2D eigenvalue weighted by Crippen LogP contribution is -2.25. The Labute approximate surface area is 178 Å². The number of imidazole rings is 1. The van der Waals surface area contributed by atoms with Crippen molar-refractivity contribution in [1.82, 2.24) is 14.9 Å². The molecule has 0 atom stereocenters. The fourth-order valence-electron chi connectivity index (χ4n) is 3.37. The molecule has 5 nitrogen and oxygen atoms in total. The number of benzene rings is 2. The van der Waals surface area contributed by atoms with Gasteiger partial charge < -0.3 is 14.6 Å². The van der Waals surface area contributed by atoms with Gasteiger partial charge in [-0.15, -0.1) is 0 Å². The molecule has 0 aliphatic heterocycles. The van der Waals surface area contributed by atoms with Crippen molar-refractivity contribution in [3.05, 3.63) is 72.1 Å². The van der Waals surface area contributed by atoms with Crippen molar-refractivity contribution in [3.63, 3.8) is 0 Å². The standard InChI is InChI=1S/C25H31N3O2/c1-18(2)20-11-13-21(14-12-20)30-17-16-28-23-9-6-5-8-22(23)27-24(28)10-7-15-26-25(29)19(3)4/h5-6,8-9,11-14,18H,3,7,10,15-17H2,1-2,4H3,(H,26,29). The van der Waals surface area contributed by atoms with E-state index in [1.807, 2.05) is 30.3 Å². The number of nitrogens with zero attached hydrogens (tertiary/aromatic N) is 2. The van der Waals surface area contributed by atoms with Gasteiger partial charge in [-0.3, -0.25) is 4.79 Å². The Hall–Kier alpha value is -3.08. The fourth-order valence-corrected chi connectivity index (χ4v) is 3.37. The number of aryl methyl sites for hydroxylation is 1. The van der Waals surface area contributed by atoms with Crippen molar-refractivity contribution in [2.75, 3.05) is 13.2 Å². The van der Waals surface area contributed by atoms with Gasteiger partial charge in [-0.25, -0.2) is 4.98 Å². The van der Waals surface area contributed by atoms with Crippen LogP contribution in [0.3, 0.4) is 0 Å². The number of amides is 1. The lowest BCUT2D eigenvalue weighted by molar-refractivity contribution is -0.117. The van der Waals surface area contributed by atoms with Gasteiger partial charge in [0, 0.05) is 18.5 Å². The Bertz CT molecular complexity index is 1000. The predicted molar refractivity (Wildman–Crippen MR) is 122 cm³/mol. The summed E-state index contributed by atoms with van der Waals surface area (Å²) in [7, 11) is 0. The van der Waals surface area contributed by atoms with Crippen molar-refractivity contribution in [1.29, 1.82) is 0 Å². The van der Waals surface area contributed by atoms with Gasteiger partial charge in [0.25, 0.3) is 0 Å². The molecule has 1 aromatic heterocycles. The van der Waals surface area contributed by atoms with Crippen molar-refractivity contribution >= 4 is 16.9 Å². The first-order valence-electron chi connectivity index (χ1n) is 10.6. The zero-order chi connectivity index (χ0) is 21.5. The molecule has 0 spiro atoms. The molecule has 30 heavy (non-hydrogen) atoms. The monoisotopic (exact) mass is 405 g/mol. The number of ether oxygens (including phenoxy) is 1. The van der Waals surface area contributed by atoms with E-state index in [-0.39, 0.29) is 5.91 Å². The number of hydrogen-bond donors (Lipinski definition) is 1. The van der Waals surface area contributed by atoms with Crippen molar-refractivity contribution < 1.29 is 9.53 Å². The molecule has 1 N–H and O–H groups in total. The van der Waals surface area contributed by atoms with Crippen LogP contribution in [-0.4, -0.2) is 28.6 Å². The summed E-state index contributed by atoms with van der Waals surface area (Å²) in [4.78, 5) is 16.4. The first kappa shape index (κ1) is 21.6. The summed E-state index contributed by atoms with van der Waals surface area (Å²) in [6.07, 6.45) is 1.61. The summed E-state index contributed by atoms with van der Waals surface area (Å²) < 4.78 is 8.21.